The summed E-state index contributed by atoms with van der Waals surface area (Å²) in [6.45, 7) is -3.67. The summed E-state index contributed by atoms with van der Waals surface area (Å²) in [5.74, 6) is 0. The van der Waals surface area contributed by atoms with Crippen LogP contribution >= 0.6 is 11.3 Å². The van der Waals surface area contributed by atoms with Crippen molar-refractivity contribution in [1.29, 1.82) is 0 Å². The smallest absolute Gasteiger partial charge is 0.174 e. The molecule has 1 heterocycles. The van der Waals surface area contributed by atoms with E-state index in [1.807, 2.05) is 6.07 Å². The molecule has 3 rings (SSSR count). The van der Waals surface area contributed by atoms with Crippen LogP contribution in [0, 0.1) is 0 Å². The number of hydrogen-bond acceptors (Lipinski definition) is 0. The highest BCUT2D eigenvalue weighted by Gasteiger charge is 2.10. The second-order valence-corrected chi connectivity index (χ2v) is 5.31. The Hall–Kier alpha value is -2.20. The van der Waals surface area contributed by atoms with Gasteiger partial charge in [-0.2, -0.15) is 13.2 Å². The lowest BCUT2D eigenvalue weighted by Gasteiger charge is -1.99. The Balaban J connectivity index is 0.000000396. The Bertz CT molecular complexity index is 627. The van der Waals surface area contributed by atoms with Crippen molar-refractivity contribution in [3.05, 3.63) is 78.2 Å². The maximum atomic E-state index is 9.67. The fourth-order valence-corrected chi connectivity index (χ4v) is 2.80. The first-order chi connectivity index (χ1) is 10.7. The lowest BCUT2D eigenvalue weighted by Crippen LogP contribution is -1.78. The molecule has 0 saturated carbocycles. The van der Waals surface area contributed by atoms with Gasteiger partial charge in [-0.05, 0) is 23.3 Å². The molecule has 0 spiro atoms. The van der Waals surface area contributed by atoms with Gasteiger partial charge in [-0.1, -0.05) is 48.5 Å². The van der Waals surface area contributed by atoms with Crippen molar-refractivity contribution in [2.75, 3.05) is 0 Å². The predicted octanol–water partition coefficient (Wildman–Crippen LogP) is 6.54. The van der Waals surface area contributed by atoms with E-state index in [0.717, 1.165) is 0 Å². The van der Waals surface area contributed by atoms with Crippen LogP contribution in [-0.4, -0.2) is 6.68 Å². The van der Waals surface area contributed by atoms with Crippen LogP contribution in [-0.2, 0) is 0 Å². The van der Waals surface area contributed by atoms with Gasteiger partial charge in [-0.25, -0.2) is 0 Å². The van der Waals surface area contributed by atoms with Crippen molar-refractivity contribution in [2.24, 2.45) is 0 Å². The molecule has 0 aliphatic rings. The highest BCUT2D eigenvalue weighted by atomic mass is 32.1. The summed E-state index contributed by atoms with van der Waals surface area (Å²) < 4.78 is 29.0. The number of halogens is 3. The zero-order valence-corrected chi connectivity index (χ0v) is 12.4. The van der Waals surface area contributed by atoms with Crippen LogP contribution in [0.2, 0.25) is 0 Å². The zero-order valence-electron chi connectivity index (χ0n) is 11.6. The van der Waals surface area contributed by atoms with Crippen molar-refractivity contribution in [1.82, 2.24) is 0 Å². The Morgan fingerprint density at radius 2 is 1.14 bits per heavy atom. The quantitative estimate of drug-likeness (QED) is 0.470. The van der Waals surface area contributed by atoms with Crippen LogP contribution in [0.5, 0.6) is 0 Å². The van der Waals surface area contributed by atoms with Gasteiger partial charge in [0.2, 0.25) is 16.2 Å². The maximum Gasteiger partial charge on any atom is 0.379 e. The normalized spacial score (nSPS) is 10.0. The standard InChI is InChI=1S/C17H13S.CHF3/c1-3-7-14(8-4-1)16-11-12-18-17(13-16)15-9-5-2-6-10-15;2-1(3)4/h1-13H;1H/q+1;. The summed E-state index contributed by atoms with van der Waals surface area (Å²) in [7, 11) is 0. The van der Waals surface area contributed by atoms with E-state index < -0.39 is 6.68 Å². The molecular formula is C18H14F3S+. The number of alkyl halides is 3. The minimum absolute atomic E-state index is 1.27. The van der Waals surface area contributed by atoms with Gasteiger partial charge in [-0.15, -0.1) is 0 Å². The van der Waals surface area contributed by atoms with Crippen LogP contribution in [0.3, 0.4) is 0 Å². The first kappa shape index (κ1) is 16.2. The molecule has 0 saturated heterocycles. The van der Waals surface area contributed by atoms with E-state index >= 15 is 0 Å². The number of benzene rings is 2. The summed E-state index contributed by atoms with van der Waals surface area (Å²) in [4.78, 5) is 1.30. The second-order valence-electron chi connectivity index (χ2n) is 4.36. The molecule has 2 aromatic carbocycles. The minimum Gasteiger partial charge on any atom is -0.174 e. The molecule has 0 nitrogen and oxygen atoms in total. The van der Waals surface area contributed by atoms with Gasteiger partial charge < -0.3 is 0 Å². The Labute approximate surface area is 131 Å². The van der Waals surface area contributed by atoms with Crippen molar-refractivity contribution in [2.45, 2.75) is 6.68 Å². The number of hydrogen-bond donors (Lipinski definition) is 0. The molecule has 0 bridgehead atoms. The summed E-state index contributed by atoms with van der Waals surface area (Å²) in [5.41, 5.74) is 3.82. The lowest BCUT2D eigenvalue weighted by molar-refractivity contribution is 0.00819. The summed E-state index contributed by atoms with van der Waals surface area (Å²) >= 11 is 1.77. The number of rotatable bonds is 2. The molecule has 0 unspecified atom stereocenters. The molecule has 0 atom stereocenters. The molecular weight excluding hydrogens is 305 g/mol. The average molecular weight is 319 g/mol. The molecule has 0 N–H and O–H groups in total. The summed E-state index contributed by atoms with van der Waals surface area (Å²) in [6, 6.07) is 25.4. The van der Waals surface area contributed by atoms with E-state index in [0.29, 0.717) is 0 Å². The van der Waals surface area contributed by atoms with Crippen molar-refractivity contribution < 1.29 is 13.2 Å². The molecule has 0 radical (unpaired) electrons. The topological polar surface area (TPSA) is 0 Å². The van der Waals surface area contributed by atoms with Crippen LogP contribution < -0.4 is 0 Å². The minimum atomic E-state index is -3.67. The molecule has 112 valence electrons. The fraction of sp³-hybridized carbons (Fsp3) is 0.0556. The van der Waals surface area contributed by atoms with Crippen molar-refractivity contribution in [3.63, 3.8) is 0 Å². The van der Waals surface area contributed by atoms with E-state index in [-0.39, 0.29) is 0 Å². The third-order valence-corrected chi connectivity index (χ3v) is 3.77. The molecule has 4 heteroatoms. The first-order valence-electron chi connectivity index (χ1n) is 6.62. The van der Waals surface area contributed by atoms with Crippen LogP contribution in [0.25, 0.3) is 21.6 Å². The highest BCUT2D eigenvalue weighted by molar-refractivity contribution is 7.13. The fourth-order valence-electron chi connectivity index (χ4n) is 1.97. The Morgan fingerprint density at radius 3 is 1.68 bits per heavy atom. The largest absolute Gasteiger partial charge is 0.379 e. The van der Waals surface area contributed by atoms with E-state index in [1.165, 1.54) is 21.6 Å². The van der Waals surface area contributed by atoms with Crippen LogP contribution in [0.1, 0.15) is 0 Å². The van der Waals surface area contributed by atoms with Gasteiger partial charge in [0, 0.05) is 17.7 Å². The zero-order chi connectivity index (χ0) is 15.8. The Kier molecular flexibility index (Phi) is 6.10. The monoisotopic (exact) mass is 319 g/mol. The Morgan fingerprint density at radius 1 is 0.636 bits per heavy atom. The van der Waals surface area contributed by atoms with Crippen molar-refractivity contribution in [3.8, 4) is 21.6 Å². The highest BCUT2D eigenvalue weighted by Crippen LogP contribution is 2.29. The predicted molar refractivity (Wildman–Crippen MR) is 86.7 cm³/mol. The molecule has 3 aromatic rings. The lowest BCUT2D eigenvalue weighted by atomic mass is 10.1. The SMILES string of the molecule is FC(F)F.c1ccc(-c2cc[s+]c(-c3ccccc3)c2)cc1. The first-order valence-corrected chi connectivity index (χ1v) is 7.49. The van der Waals surface area contributed by atoms with E-state index in [2.05, 4.69) is 72.1 Å². The van der Waals surface area contributed by atoms with Gasteiger partial charge in [-0.3, -0.25) is 0 Å². The van der Waals surface area contributed by atoms with E-state index in [4.69, 9.17) is 0 Å². The third-order valence-electron chi connectivity index (χ3n) is 2.89. The van der Waals surface area contributed by atoms with Crippen LogP contribution in [0.4, 0.5) is 13.2 Å². The second kappa shape index (κ2) is 8.29. The summed E-state index contributed by atoms with van der Waals surface area (Å²) in [5, 5.41) is 2.16. The van der Waals surface area contributed by atoms with E-state index in [1.54, 1.807) is 11.3 Å². The summed E-state index contributed by atoms with van der Waals surface area (Å²) in [6.07, 6.45) is 0. The molecule has 0 aliphatic carbocycles. The molecule has 0 fully saturated rings. The van der Waals surface area contributed by atoms with Crippen molar-refractivity contribution >= 4 is 11.3 Å². The van der Waals surface area contributed by atoms with E-state index in [9.17, 15) is 13.2 Å². The van der Waals surface area contributed by atoms with Gasteiger partial charge in [0.05, 0.1) is 0 Å². The molecule has 0 aliphatic heterocycles. The van der Waals surface area contributed by atoms with Gasteiger partial charge in [0.25, 0.3) is 0 Å². The molecule has 1 aromatic heterocycles. The maximum absolute atomic E-state index is 9.67. The molecule has 0 amide bonds. The average Bonchev–Trinajstić information content (AvgIpc) is 2.56. The van der Waals surface area contributed by atoms with Gasteiger partial charge in [0.15, 0.2) is 5.38 Å². The molecule has 22 heavy (non-hydrogen) atoms. The van der Waals surface area contributed by atoms with Gasteiger partial charge >= 0.3 is 6.68 Å². The van der Waals surface area contributed by atoms with Crippen LogP contribution in [0.15, 0.2) is 78.2 Å². The third kappa shape index (κ3) is 4.97. The van der Waals surface area contributed by atoms with Gasteiger partial charge in [0.1, 0.15) is 0 Å².